The summed E-state index contributed by atoms with van der Waals surface area (Å²) < 4.78 is 11.0. The third-order valence-corrected chi connectivity index (χ3v) is 5.85. The Labute approximate surface area is 204 Å². The average molecular weight is 473 g/mol. The number of rotatable bonds is 8. The standard InChI is InChI=1S/C28H28N2O5/c1-3-20-6-8-22(9-7-20)29-26(31)18-34-28(33)21-16-27(32)30(17-21)23-10-14-25(15-11-23)35-24-12-4-19(2)5-13-24/h4-15,21H,3,16-18H2,1-2H3,(H,29,31)/t21-/m1/s1. The van der Waals surface area contributed by atoms with E-state index in [1.54, 1.807) is 29.2 Å². The molecule has 1 N–H and O–H groups in total. The molecule has 4 rings (SSSR count). The highest BCUT2D eigenvalue weighted by Gasteiger charge is 2.36. The summed E-state index contributed by atoms with van der Waals surface area (Å²) in [6.45, 7) is 3.87. The van der Waals surface area contributed by atoms with Crippen molar-refractivity contribution in [3.63, 3.8) is 0 Å². The number of hydrogen-bond acceptors (Lipinski definition) is 5. The van der Waals surface area contributed by atoms with Gasteiger partial charge in [-0.3, -0.25) is 14.4 Å². The number of nitrogens with zero attached hydrogens (tertiary/aromatic N) is 1. The van der Waals surface area contributed by atoms with Crippen molar-refractivity contribution < 1.29 is 23.9 Å². The molecule has 0 aliphatic carbocycles. The second kappa shape index (κ2) is 10.9. The molecule has 0 unspecified atom stereocenters. The maximum atomic E-state index is 12.5. The van der Waals surface area contributed by atoms with Crippen LogP contribution >= 0.6 is 0 Å². The molecule has 0 bridgehead atoms. The van der Waals surface area contributed by atoms with Crippen molar-refractivity contribution in [2.75, 3.05) is 23.4 Å². The van der Waals surface area contributed by atoms with Crippen LogP contribution in [0.2, 0.25) is 0 Å². The van der Waals surface area contributed by atoms with Gasteiger partial charge < -0.3 is 19.7 Å². The van der Waals surface area contributed by atoms with Gasteiger partial charge >= 0.3 is 5.97 Å². The van der Waals surface area contributed by atoms with Crippen molar-refractivity contribution in [3.05, 3.63) is 83.9 Å². The number of amides is 2. The third kappa shape index (κ3) is 6.26. The number of esters is 1. The summed E-state index contributed by atoms with van der Waals surface area (Å²) in [6.07, 6.45) is 0.953. The van der Waals surface area contributed by atoms with Crippen molar-refractivity contribution in [1.82, 2.24) is 0 Å². The van der Waals surface area contributed by atoms with Gasteiger partial charge in [-0.1, -0.05) is 36.8 Å². The van der Waals surface area contributed by atoms with Gasteiger partial charge in [-0.05, 0) is 67.4 Å². The lowest BCUT2D eigenvalue weighted by atomic mass is 10.1. The highest BCUT2D eigenvalue weighted by Crippen LogP contribution is 2.29. The van der Waals surface area contributed by atoms with E-state index in [1.807, 2.05) is 55.5 Å². The second-order valence-electron chi connectivity index (χ2n) is 8.52. The van der Waals surface area contributed by atoms with Gasteiger partial charge in [0, 0.05) is 24.3 Å². The van der Waals surface area contributed by atoms with Crippen molar-refractivity contribution in [1.29, 1.82) is 0 Å². The van der Waals surface area contributed by atoms with Gasteiger partial charge in [-0.2, -0.15) is 0 Å². The smallest absolute Gasteiger partial charge is 0.311 e. The second-order valence-corrected chi connectivity index (χ2v) is 8.52. The summed E-state index contributed by atoms with van der Waals surface area (Å²) in [5.74, 6) is -0.396. The maximum Gasteiger partial charge on any atom is 0.311 e. The van der Waals surface area contributed by atoms with Crippen molar-refractivity contribution in [3.8, 4) is 11.5 Å². The Bertz CT molecular complexity index is 1190. The van der Waals surface area contributed by atoms with E-state index >= 15 is 0 Å². The van der Waals surface area contributed by atoms with Gasteiger partial charge in [0.05, 0.1) is 5.92 Å². The SMILES string of the molecule is CCc1ccc(NC(=O)COC(=O)[C@@H]2CC(=O)N(c3ccc(Oc4ccc(C)cc4)cc3)C2)cc1. The molecule has 1 saturated heterocycles. The number of aryl methyl sites for hydroxylation is 2. The van der Waals surface area contributed by atoms with E-state index < -0.39 is 24.4 Å². The number of hydrogen-bond donors (Lipinski definition) is 1. The summed E-state index contributed by atoms with van der Waals surface area (Å²) in [4.78, 5) is 38.7. The van der Waals surface area contributed by atoms with Crippen LogP contribution in [0.3, 0.4) is 0 Å². The van der Waals surface area contributed by atoms with E-state index in [1.165, 1.54) is 5.56 Å². The van der Waals surface area contributed by atoms with Crippen LogP contribution < -0.4 is 15.0 Å². The lowest BCUT2D eigenvalue weighted by molar-refractivity contribution is -0.151. The Hall–Kier alpha value is -4.13. The minimum atomic E-state index is -0.623. The lowest BCUT2D eigenvalue weighted by Gasteiger charge is -2.17. The van der Waals surface area contributed by atoms with E-state index in [9.17, 15) is 14.4 Å². The van der Waals surface area contributed by atoms with Gasteiger partial charge in [-0.25, -0.2) is 0 Å². The first kappa shape index (κ1) is 24.0. The monoisotopic (exact) mass is 472 g/mol. The molecule has 0 spiro atoms. The van der Waals surface area contributed by atoms with Crippen LogP contribution in [-0.4, -0.2) is 30.9 Å². The molecule has 180 valence electrons. The van der Waals surface area contributed by atoms with Gasteiger partial charge in [0.1, 0.15) is 11.5 Å². The molecule has 1 atom stereocenters. The van der Waals surface area contributed by atoms with Gasteiger partial charge in [0.2, 0.25) is 5.91 Å². The van der Waals surface area contributed by atoms with Crippen LogP contribution in [-0.2, 0) is 25.5 Å². The van der Waals surface area contributed by atoms with E-state index in [4.69, 9.17) is 9.47 Å². The molecule has 1 aliphatic heterocycles. The molecule has 1 aliphatic rings. The fourth-order valence-corrected chi connectivity index (χ4v) is 3.83. The minimum Gasteiger partial charge on any atom is -0.457 e. The molecule has 0 aromatic heterocycles. The molecule has 35 heavy (non-hydrogen) atoms. The van der Waals surface area contributed by atoms with Crippen molar-refractivity contribution in [2.24, 2.45) is 5.92 Å². The third-order valence-electron chi connectivity index (χ3n) is 5.85. The number of carbonyl (C=O) groups excluding carboxylic acids is 3. The molecule has 3 aromatic rings. The molecular weight excluding hydrogens is 444 g/mol. The fourth-order valence-electron chi connectivity index (χ4n) is 3.83. The summed E-state index contributed by atoms with van der Waals surface area (Å²) in [5.41, 5.74) is 3.63. The van der Waals surface area contributed by atoms with Gasteiger partial charge in [0.15, 0.2) is 6.61 Å². The lowest BCUT2D eigenvalue weighted by Crippen LogP contribution is -2.28. The maximum absolute atomic E-state index is 12.5. The van der Waals surface area contributed by atoms with Crippen LogP contribution in [0.15, 0.2) is 72.8 Å². The zero-order valence-electron chi connectivity index (χ0n) is 19.8. The van der Waals surface area contributed by atoms with Crippen LogP contribution in [0.1, 0.15) is 24.5 Å². The largest absolute Gasteiger partial charge is 0.457 e. The molecule has 0 saturated carbocycles. The fraction of sp³-hybridized carbons (Fsp3) is 0.250. The Morgan fingerprint density at radius 3 is 2.20 bits per heavy atom. The summed E-state index contributed by atoms with van der Waals surface area (Å²) in [7, 11) is 0. The molecule has 3 aromatic carbocycles. The van der Waals surface area contributed by atoms with Gasteiger partial charge in [0.25, 0.3) is 5.91 Å². The minimum absolute atomic E-state index is 0.0422. The van der Waals surface area contributed by atoms with Crippen molar-refractivity contribution in [2.45, 2.75) is 26.7 Å². The number of carbonyl (C=O) groups is 3. The van der Waals surface area contributed by atoms with Crippen LogP contribution in [0.25, 0.3) is 0 Å². The van der Waals surface area contributed by atoms with E-state index in [2.05, 4.69) is 12.2 Å². The number of nitrogens with one attached hydrogen (secondary N) is 1. The highest BCUT2D eigenvalue weighted by molar-refractivity contribution is 6.00. The number of ether oxygens (including phenoxy) is 2. The first-order chi connectivity index (χ1) is 16.9. The first-order valence-electron chi connectivity index (χ1n) is 11.6. The molecule has 0 radical (unpaired) electrons. The van der Waals surface area contributed by atoms with E-state index in [0.29, 0.717) is 17.1 Å². The highest BCUT2D eigenvalue weighted by atomic mass is 16.5. The predicted octanol–water partition coefficient (Wildman–Crippen LogP) is 4.88. The number of anilines is 2. The van der Waals surface area contributed by atoms with Crippen LogP contribution in [0, 0.1) is 12.8 Å². The normalized spacial score (nSPS) is 15.1. The Balaban J connectivity index is 1.27. The van der Waals surface area contributed by atoms with Crippen LogP contribution in [0.5, 0.6) is 11.5 Å². The Morgan fingerprint density at radius 2 is 1.57 bits per heavy atom. The molecular formula is C28H28N2O5. The predicted molar refractivity (Wildman–Crippen MR) is 134 cm³/mol. The van der Waals surface area contributed by atoms with Crippen molar-refractivity contribution >= 4 is 29.2 Å². The first-order valence-corrected chi connectivity index (χ1v) is 11.6. The zero-order chi connectivity index (χ0) is 24.8. The number of benzene rings is 3. The van der Waals surface area contributed by atoms with E-state index in [0.717, 1.165) is 17.7 Å². The zero-order valence-corrected chi connectivity index (χ0v) is 19.8. The van der Waals surface area contributed by atoms with Crippen LogP contribution in [0.4, 0.5) is 11.4 Å². The summed E-state index contributed by atoms with van der Waals surface area (Å²) >= 11 is 0. The molecule has 7 heteroatoms. The Kier molecular flexibility index (Phi) is 7.45. The Morgan fingerprint density at radius 1 is 0.943 bits per heavy atom. The molecule has 1 heterocycles. The quantitative estimate of drug-likeness (QED) is 0.472. The summed E-state index contributed by atoms with van der Waals surface area (Å²) in [5, 5.41) is 2.70. The molecule has 7 nitrogen and oxygen atoms in total. The summed E-state index contributed by atoms with van der Waals surface area (Å²) in [6, 6.07) is 22.3. The molecule has 1 fully saturated rings. The van der Waals surface area contributed by atoms with Gasteiger partial charge in [-0.15, -0.1) is 0 Å². The molecule has 2 amide bonds. The van der Waals surface area contributed by atoms with E-state index in [-0.39, 0.29) is 18.9 Å². The average Bonchev–Trinajstić information content (AvgIpc) is 3.26. The topological polar surface area (TPSA) is 84.9 Å².